The third-order valence-electron chi connectivity index (χ3n) is 3.20. The Labute approximate surface area is 162 Å². The van der Waals surface area contributed by atoms with Crippen LogP contribution in [0.15, 0.2) is 12.4 Å². The summed E-state index contributed by atoms with van der Waals surface area (Å²) in [4.78, 5) is 24.3. The van der Waals surface area contributed by atoms with Crippen LogP contribution < -0.4 is 0 Å². The normalized spacial score (nSPS) is 14.8. The maximum Gasteiger partial charge on any atom is 0.466 e. The van der Waals surface area contributed by atoms with Gasteiger partial charge >= 0.3 is 29.1 Å². The van der Waals surface area contributed by atoms with Crippen molar-refractivity contribution < 1.29 is 58.4 Å². The third kappa shape index (κ3) is 6.57. The van der Waals surface area contributed by atoms with Gasteiger partial charge in [-0.1, -0.05) is 20.4 Å². The van der Waals surface area contributed by atoms with Crippen LogP contribution in [0, 0.1) is 0 Å². The van der Waals surface area contributed by atoms with Crippen LogP contribution in [-0.2, 0) is 29.2 Å². The molecule has 0 rings (SSSR count). The number of amides is 1. The molecule has 1 atom stereocenters. The fourth-order valence-corrected chi connectivity index (χ4v) is 2.11. The minimum Gasteiger partial charge on any atom is -0.743 e. The van der Waals surface area contributed by atoms with E-state index in [1.807, 2.05) is 0 Å². The summed E-state index contributed by atoms with van der Waals surface area (Å²) in [5.74, 6) is -11.7. The summed E-state index contributed by atoms with van der Waals surface area (Å²) < 4.78 is 120. The minimum absolute atomic E-state index is 0.0779. The van der Waals surface area contributed by atoms with Crippen molar-refractivity contribution in [2.45, 2.75) is 43.9 Å². The van der Waals surface area contributed by atoms with Crippen LogP contribution >= 0.6 is 0 Å². The lowest BCUT2D eigenvalue weighted by atomic mass is 10.2. The molecule has 0 aromatic heterocycles. The van der Waals surface area contributed by atoms with Crippen molar-refractivity contribution in [3.63, 3.8) is 0 Å². The van der Waals surface area contributed by atoms with Gasteiger partial charge < -0.3 is 18.9 Å². The highest BCUT2D eigenvalue weighted by atomic mass is 32.2. The van der Waals surface area contributed by atoms with E-state index in [4.69, 9.17) is 0 Å². The van der Waals surface area contributed by atoms with Gasteiger partial charge in [-0.05, 0) is 12.8 Å². The third-order valence-corrected chi connectivity index (χ3v) is 4.05. The van der Waals surface area contributed by atoms with Crippen LogP contribution in [0.5, 0.6) is 0 Å². The van der Waals surface area contributed by atoms with E-state index >= 15 is 0 Å². The summed E-state index contributed by atoms with van der Waals surface area (Å²) in [5, 5.41) is -5.43. The van der Waals surface area contributed by atoms with Crippen molar-refractivity contribution in [1.29, 1.82) is 0 Å². The number of nitrogens with zero attached hydrogens (tertiary/aromatic N) is 1. The van der Waals surface area contributed by atoms with Gasteiger partial charge in [-0.3, -0.25) is 4.79 Å². The molecule has 0 aliphatic rings. The number of hydrogen-bond acceptors (Lipinski definition) is 7. The average Bonchev–Trinajstić information content (AvgIpc) is 2.55. The molecule has 1 unspecified atom stereocenters. The summed E-state index contributed by atoms with van der Waals surface area (Å²) in [6.07, 6.45) is -5.92. The molecule has 0 saturated heterocycles. The Balaban J connectivity index is 6.44. The van der Waals surface area contributed by atoms with Crippen molar-refractivity contribution >= 4 is 22.0 Å². The Bertz CT molecular complexity index is 718. The highest BCUT2D eigenvalue weighted by molar-refractivity contribution is 7.86. The van der Waals surface area contributed by atoms with Gasteiger partial charge in [0.05, 0.1) is 0 Å². The molecule has 0 bridgehead atoms. The monoisotopic (exact) mass is 458 g/mol. The topological polar surface area (TPSA) is 113 Å². The van der Waals surface area contributed by atoms with Gasteiger partial charge in [0, 0.05) is 13.1 Å². The van der Waals surface area contributed by atoms with Crippen LogP contribution in [0.1, 0.15) is 26.7 Å². The Morgan fingerprint density at radius 2 is 1.52 bits per heavy atom. The summed E-state index contributed by atoms with van der Waals surface area (Å²) >= 11 is 0. The first-order valence-electron chi connectivity index (χ1n) is 7.87. The van der Waals surface area contributed by atoms with E-state index in [1.165, 1.54) is 13.8 Å². The quantitative estimate of drug-likeness (QED) is 0.153. The largest absolute Gasteiger partial charge is 0.743 e. The molecule has 1 amide bonds. The zero-order valence-electron chi connectivity index (χ0n) is 15.2. The van der Waals surface area contributed by atoms with Crippen molar-refractivity contribution in [3.8, 4) is 0 Å². The molecule has 0 saturated carbocycles. The molecule has 29 heavy (non-hydrogen) atoms. The number of hydrogen-bond donors (Lipinski definition) is 0. The SMILES string of the molecule is C=C(F)C(=O)OC(OCC(F)(F)S(=O)(=O)[O-])(C(=O)N(CCC)CCC)C(F)(F)F. The molecule has 0 N–H and O–H groups in total. The molecular formula is C14H18F6NO7S-. The molecule has 0 aliphatic heterocycles. The highest BCUT2D eigenvalue weighted by Gasteiger charge is 2.68. The molecule has 0 aromatic carbocycles. The first-order chi connectivity index (χ1) is 13.0. The van der Waals surface area contributed by atoms with Gasteiger partial charge in [0.2, 0.25) is 5.83 Å². The summed E-state index contributed by atoms with van der Waals surface area (Å²) in [5.41, 5.74) is 0. The Morgan fingerprint density at radius 3 is 1.83 bits per heavy atom. The first-order valence-corrected chi connectivity index (χ1v) is 9.28. The molecule has 15 heteroatoms. The Hall–Kier alpha value is -1.87. The fraction of sp³-hybridized carbons (Fsp3) is 0.714. The number of esters is 1. The molecule has 170 valence electrons. The van der Waals surface area contributed by atoms with E-state index in [9.17, 15) is 48.9 Å². The van der Waals surface area contributed by atoms with Crippen molar-refractivity contribution in [3.05, 3.63) is 12.4 Å². The fourth-order valence-electron chi connectivity index (χ4n) is 1.90. The van der Waals surface area contributed by atoms with Crippen LogP contribution in [-0.4, -0.2) is 66.7 Å². The number of halogens is 6. The van der Waals surface area contributed by atoms with E-state index in [-0.39, 0.29) is 25.9 Å². The molecule has 0 heterocycles. The van der Waals surface area contributed by atoms with E-state index in [0.29, 0.717) is 4.90 Å². The van der Waals surface area contributed by atoms with E-state index in [1.54, 1.807) is 0 Å². The molecule has 0 spiro atoms. The number of carbonyl (C=O) groups excluding carboxylic acids is 2. The number of carbonyl (C=O) groups is 2. The van der Waals surface area contributed by atoms with Gasteiger partial charge in [0.15, 0.2) is 10.1 Å². The van der Waals surface area contributed by atoms with Crippen molar-refractivity contribution in [2.75, 3.05) is 19.7 Å². The second kappa shape index (κ2) is 9.75. The molecule has 0 fully saturated rings. The Morgan fingerprint density at radius 1 is 1.07 bits per heavy atom. The molecule has 0 radical (unpaired) electrons. The van der Waals surface area contributed by atoms with Gasteiger partial charge in [0.1, 0.15) is 6.61 Å². The maximum absolute atomic E-state index is 13.7. The minimum atomic E-state index is -6.51. The number of ether oxygens (including phenoxy) is 2. The highest BCUT2D eigenvalue weighted by Crippen LogP contribution is 2.39. The number of alkyl halides is 5. The molecular weight excluding hydrogens is 440 g/mol. The van der Waals surface area contributed by atoms with E-state index < -0.39 is 51.6 Å². The lowest BCUT2D eigenvalue weighted by Gasteiger charge is -2.37. The van der Waals surface area contributed by atoms with Crippen LogP contribution in [0.3, 0.4) is 0 Å². The second-order valence-corrected chi connectivity index (χ2v) is 7.09. The van der Waals surface area contributed by atoms with E-state index in [2.05, 4.69) is 16.1 Å². The molecule has 8 nitrogen and oxygen atoms in total. The van der Waals surface area contributed by atoms with Crippen molar-refractivity contribution in [2.24, 2.45) is 0 Å². The molecule has 0 aliphatic carbocycles. The van der Waals surface area contributed by atoms with Gasteiger partial charge in [-0.15, -0.1) is 0 Å². The lowest BCUT2D eigenvalue weighted by Crippen LogP contribution is -2.63. The van der Waals surface area contributed by atoms with Gasteiger partial charge in [0.25, 0.3) is 0 Å². The summed E-state index contributed by atoms with van der Waals surface area (Å²) in [7, 11) is -6.51. The van der Waals surface area contributed by atoms with Crippen LogP contribution in [0.4, 0.5) is 26.3 Å². The van der Waals surface area contributed by atoms with Gasteiger partial charge in [-0.25, -0.2) is 13.2 Å². The maximum atomic E-state index is 13.7. The zero-order valence-corrected chi connectivity index (χ0v) is 16.0. The second-order valence-electron chi connectivity index (χ2n) is 5.58. The summed E-state index contributed by atoms with van der Waals surface area (Å²) in [6.45, 7) is 1.69. The Kier molecular flexibility index (Phi) is 9.13. The zero-order chi connectivity index (χ0) is 23.3. The smallest absolute Gasteiger partial charge is 0.466 e. The number of rotatable bonds is 11. The van der Waals surface area contributed by atoms with Crippen molar-refractivity contribution in [1.82, 2.24) is 4.90 Å². The first kappa shape index (κ1) is 27.1. The summed E-state index contributed by atoms with van der Waals surface area (Å²) in [6, 6.07) is 0. The predicted octanol–water partition coefficient (Wildman–Crippen LogP) is 2.07. The standard InChI is InChI=1S/C14H19F6NO7S/c1-4-6-21(7-5-2)11(23)13(14(18,19)20,28-10(22)9(3)15)27-8-12(16,17)29(24,25)26/h3-8H2,1-2H3,(H,24,25,26)/p-1. The van der Waals surface area contributed by atoms with E-state index in [0.717, 1.165) is 0 Å². The predicted molar refractivity (Wildman–Crippen MR) is 82.9 cm³/mol. The van der Waals surface area contributed by atoms with Gasteiger partial charge in [-0.2, -0.15) is 26.3 Å². The lowest BCUT2D eigenvalue weighted by molar-refractivity contribution is -0.356. The van der Waals surface area contributed by atoms with Crippen LogP contribution in [0.25, 0.3) is 0 Å². The molecule has 0 aromatic rings. The average molecular weight is 458 g/mol. The van der Waals surface area contributed by atoms with Crippen LogP contribution in [0.2, 0.25) is 0 Å².